The van der Waals surface area contributed by atoms with Gasteiger partial charge in [-0.25, -0.2) is 0 Å². The average molecular weight is 141 g/mol. The summed E-state index contributed by atoms with van der Waals surface area (Å²) in [5.41, 5.74) is 8.34. The third-order valence-electron chi connectivity index (χ3n) is 1.81. The normalized spacial score (nSPS) is 13.1. The summed E-state index contributed by atoms with van der Waals surface area (Å²) in [5.74, 6) is 0. The Hall–Kier alpha value is -0.460. The first-order valence-electron chi connectivity index (χ1n) is 4.22. The highest BCUT2D eigenvalue weighted by atomic mass is 14.6. The van der Waals surface area contributed by atoms with Crippen LogP contribution in [0.5, 0.6) is 0 Å². The number of nitrogens with two attached hydrogens (primary N) is 1. The van der Waals surface area contributed by atoms with Crippen LogP contribution in [0.4, 0.5) is 0 Å². The van der Waals surface area contributed by atoms with Crippen molar-refractivity contribution in [2.24, 2.45) is 5.73 Å². The molecule has 0 aromatic heterocycles. The molecule has 0 aromatic rings. The zero-order chi connectivity index (χ0) is 7.98. The molecule has 60 valence electrons. The Labute approximate surface area is 64.3 Å². The zero-order valence-electron chi connectivity index (χ0n) is 7.41. The maximum atomic E-state index is 5.79. The lowest BCUT2D eigenvalue weighted by atomic mass is 10.0. The van der Waals surface area contributed by atoms with Gasteiger partial charge in [0.2, 0.25) is 0 Å². The van der Waals surface area contributed by atoms with Gasteiger partial charge in [-0.2, -0.15) is 0 Å². The van der Waals surface area contributed by atoms with Crippen LogP contribution in [0.3, 0.4) is 0 Å². The highest BCUT2D eigenvalue weighted by Crippen LogP contribution is 2.13. The topological polar surface area (TPSA) is 26.0 Å². The second-order valence-corrected chi connectivity index (χ2v) is 2.59. The SMILES string of the molecule is CCCC(CC)=C(N)CC. The molecule has 0 atom stereocenters. The van der Waals surface area contributed by atoms with Crippen molar-refractivity contribution in [1.82, 2.24) is 0 Å². The predicted molar refractivity (Wildman–Crippen MR) is 46.7 cm³/mol. The number of hydrogen-bond acceptors (Lipinski definition) is 1. The largest absolute Gasteiger partial charge is 0.402 e. The van der Waals surface area contributed by atoms with Crippen molar-refractivity contribution >= 4 is 0 Å². The molecule has 0 aliphatic heterocycles. The van der Waals surface area contributed by atoms with E-state index in [0.717, 1.165) is 18.5 Å². The van der Waals surface area contributed by atoms with E-state index in [4.69, 9.17) is 5.73 Å². The highest BCUT2D eigenvalue weighted by molar-refractivity contribution is 5.09. The maximum Gasteiger partial charge on any atom is 0.00694 e. The molecule has 0 aliphatic rings. The summed E-state index contributed by atoms with van der Waals surface area (Å²) < 4.78 is 0. The lowest BCUT2D eigenvalue weighted by Crippen LogP contribution is -2.00. The van der Waals surface area contributed by atoms with E-state index in [1.54, 1.807) is 0 Å². The van der Waals surface area contributed by atoms with Gasteiger partial charge in [-0.05, 0) is 19.3 Å². The summed E-state index contributed by atoms with van der Waals surface area (Å²) in [6, 6.07) is 0. The first-order chi connectivity index (χ1) is 4.76. The van der Waals surface area contributed by atoms with Gasteiger partial charge >= 0.3 is 0 Å². The van der Waals surface area contributed by atoms with Crippen molar-refractivity contribution in [3.63, 3.8) is 0 Å². The van der Waals surface area contributed by atoms with Crippen molar-refractivity contribution in [2.75, 3.05) is 0 Å². The molecule has 1 nitrogen and oxygen atoms in total. The number of allylic oxidation sites excluding steroid dienone is 2. The quantitative estimate of drug-likeness (QED) is 0.640. The standard InChI is InChI=1S/C9H19N/c1-4-7-8(5-2)9(10)6-3/h4-7,10H2,1-3H3. The Morgan fingerprint density at radius 2 is 1.70 bits per heavy atom. The molecule has 0 spiro atoms. The summed E-state index contributed by atoms with van der Waals surface area (Å²) in [5, 5.41) is 0. The van der Waals surface area contributed by atoms with Crippen molar-refractivity contribution in [1.29, 1.82) is 0 Å². The van der Waals surface area contributed by atoms with Crippen LogP contribution in [0, 0.1) is 0 Å². The molecular weight excluding hydrogens is 122 g/mol. The Bertz CT molecular complexity index is 114. The van der Waals surface area contributed by atoms with Gasteiger partial charge in [0.05, 0.1) is 0 Å². The molecule has 0 amide bonds. The van der Waals surface area contributed by atoms with Gasteiger partial charge in [0.25, 0.3) is 0 Å². The molecule has 0 saturated heterocycles. The first-order valence-corrected chi connectivity index (χ1v) is 4.22. The fourth-order valence-electron chi connectivity index (χ4n) is 1.12. The van der Waals surface area contributed by atoms with E-state index in [1.807, 2.05) is 0 Å². The summed E-state index contributed by atoms with van der Waals surface area (Å²) >= 11 is 0. The van der Waals surface area contributed by atoms with Crippen molar-refractivity contribution < 1.29 is 0 Å². The van der Waals surface area contributed by atoms with Crippen LogP contribution in [0.15, 0.2) is 11.3 Å². The van der Waals surface area contributed by atoms with E-state index < -0.39 is 0 Å². The van der Waals surface area contributed by atoms with Crippen LogP contribution in [0.1, 0.15) is 46.5 Å². The molecule has 10 heavy (non-hydrogen) atoms. The molecule has 0 rings (SSSR count). The van der Waals surface area contributed by atoms with E-state index in [0.29, 0.717) is 0 Å². The third kappa shape index (κ3) is 2.90. The zero-order valence-corrected chi connectivity index (χ0v) is 7.41. The van der Waals surface area contributed by atoms with Crippen molar-refractivity contribution in [3.8, 4) is 0 Å². The van der Waals surface area contributed by atoms with Crippen molar-refractivity contribution in [2.45, 2.75) is 46.5 Å². The molecule has 2 N–H and O–H groups in total. The molecular formula is C9H19N. The van der Waals surface area contributed by atoms with E-state index in [1.165, 1.54) is 18.4 Å². The molecule has 1 heteroatoms. The molecule has 0 radical (unpaired) electrons. The van der Waals surface area contributed by atoms with E-state index >= 15 is 0 Å². The minimum absolute atomic E-state index is 1.00. The molecule has 0 heterocycles. The van der Waals surface area contributed by atoms with Gasteiger partial charge in [0.15, 0.2) is 0 Å². The van der Waals surface area contributed by atoms with Crippen LogP contribution < -0.4 is 5.73 Å². The lowest BCUT2D eigenvalue weighted by molar-refractivity contribution is 0.822. The van der Waals surface area contributed by atoms with Crippen LogP contribution in [0.25, 0.3) is 0 Å². The van der Waals surface area contributed by atoms with Crippen LogP contribution in [-0.2, 0) is 0 Å². The Kier molecular flexibility index (Phi) is 5.09. The van der Waals surface area contributed by atoms with Gasteiger partial charge < -0.3 is 5.73 Å². The second kappa shape index (κ2) is 5.33. The van der Waals surface area contributed by atoms with Gasteiger partial charge in [0.1, 0.15) is 0 Å². The molecule has 0 bridgehead atoms. The minimum Gasteiger partial charge on any atom is -0.402 e. The smallest absolute Gasteiger partial charge is 0.00694 e. The average Bonchev–Trinajstić information content (AvgIpc) is 1.99. The summed E-state index contributed by atoms with van der Waals surface area (Å²) in [7, 11) is 0. The molecule has 0 unspecified atom stereocenters. The van der Waals surface area contributed by atoms with Crippen molar-refractivity contribution in [3.05, 3.63) is 11.3 Å². The van der Waals surface area contributed by atoms with E-state index in [-0.39, 0.29) is 0 Å². The number of rotatable bonds is 4. The van der Waals surface area contributed by atoms with Crippen LogP contribution in [0.2, 0.25) is 0 Å². The first kappa shape index (κ1) is 9.54. The Morgan fingerprint density at radius 1 is 1.10 bits per heavy atom. The van der Waals surface area contributed by atoms with Crippen LogP contribution >= 0.6 is 0 Å². The fourth-order valence-corrected chi connectivity index (χ4v) is 1.12. The van der Waals surface area contributed by atoms with E-state index in [9.17, 15) is 0 Å². The Morgan fingerprint density at radius 3 is 2.00 bits per heavy atom. The van der Waals surface area contributed by atoms with Gasteiger partial charge in [-0.15, -0.1) is 0 Å². The van der Waals surface area contributed by atoms with Gasteiger partial charge in [0, 0.05) is 5.70 Å². The predicted octanol–water partition coefficient (Wildman–Crippen LogP) is 2.82. The summed E-state index contributed by atoms with van der Waals surface area (Å²) in [4.78, 5) is 0. The molecule has 0 aliphatic carbocycles. The maximum absolute atomic E-state index is 5.79. The fraction of sp³-hybridized carbons (Fsp3) is 0.778. The van der Waals surface area contributed by atoms with Gasteiger partial charge in [-0.1, -0.05) is 32.8 Å². The second-order valence-electron chi connectivity index (χ2n) is 2.59. The summed E-state index contributed by atoms with van der Waals surface area (Å²) in [6.45, 7) is 6.48. The number of hydrogen-bond donors (Lipinski definition) is 1. The highest BCUT2D eigenvalue weighted by Gasteiger charge is 1.96. The molecule has 0 saturated carbocycles. The molecule has 0 fully saturated rings. The van der Waals surface area contributed by atoms with Crippen LogP contribution in [-0.4, -0.2) is 0 Å². The molecule has 0 aromatic carbocycles. The third-order valence-corrected chi connectivity index (χ3v) is 1.81. The lowest BCUT2D eigenvalue weighted by Gasteiger charge is -2.06. The monoisotopic (exact) mass is 141 g/mol. The van der Waals surface area contributed by atoms with Gasteiger partial charge in [-0.3, -0.25) is 0 Å². The Balaban J connectivity index is 4.00. The van der Waals surface area contributed by atoms with E-state index in [2.05, 4.69) is 20.8 Å². The minimum atomic E-state index is 1.00. The summed E-state index contributed by atoms with van der Waals surface area (Å²) in [6.07, 6.45) is 4.51.